The lowest BCUT2D eigenvalue weighted by Crippen LogP contribution is -1.97. The van der Waals surface area contributed by atoms with Crippen molar-refractivity contribution in [1.29, 1.82) is 0 Å². The van der Waals surface area contributed by atoms with Crippen molar-refractivity contribution in [2.45, 2.75) is 20.0 Å². The van der Waals surface area contributed by atoms with Crippen LogP contribution in [0, 0.1) is 6.92 Å². The zero-order chi connectivity index (χ0) is 16.2. The van der Waals surface area contributed by atoms with Crippen molar-refractivity contribution in [2.24, 2.45) is 0 Å². The highest BCUT2D eigenvalue weighted by atomic mass is 16.5. The van der Waals surface area contributed by atoms with E-state index in [1.54, 1.807) is 6.20 Å². The van der Waals surface area contributed by atoms with Gasteiger partial charge in [0, 0.05) is 24.2 Å². The van der Waals surface area contributed by atoms with Gasteiger partial charge in [-0.05, 0) is 29.7 Å². The zero-order valence-electron chi connectivity index (χ0n) is 13.2. The van der Waals surface area contributed by atoms with Gasteiger partial charge >= 0.3 is 0 Å². The predicted octanol–water partition coefficient (Wildman–Crippen LogP) is 4.37. The van der Waals surface area contributed by atoms with Crippen molar-refractivity contribution in [2.75, 3.05) is 0 Å². The highest BCUT2D eigenvalue weighted by Crippen LogP contribution is 2.34. The van der Waals surface area contributed by atoms with Crippen LogP contribution in [-0.4, -0.2) is 10.9 Å². The largest absolute Gasteiger partial charge is 0.488 e. The van der Waals surface area contributed by atoms with E-state index in [9.17, 15) is 4.79 Å². The van der Waals surface area contributed by atoms with Crippen LogP contribution in [0.25, 0.3) is 17.1 Å². The van der Waals surface area contributed by atoms with E-state index >= 15 is 0 Å². The molecule has 3 heteroatoms. The summed E-state index contributed by atoms with van der Waals surface area (Å²) in [7, 11) is 0. The van der Waals surface area contributed by atoms with Crippen molar-refractivity contribution in [1.82, 2.24) is 4.57 Å². The molecule has 1 aromatic heterocycles. The maximum atomic E-state index is 11.0. The Labute approximate surface area is 135 Å². The summed E-state index contributed by atoms with van der Waals surface area (Å²) in [4.78, 5) is 11.0. The number of benzene rings is 2. The standard InChI is InChI=1S/C20H19NO2/c1-3-21-13-17(11-12-22)19-18(10-9-15(2)20(19)21)23-14-16-7-5-4-6-8-16/h3-10,12-13H,1,11,14H2,2H3. The molecule has 0 radical (unpaired) electrons. The summed E-state index contributed by atoms with van der Waals surface area (Å²) in [5, 5.41) is 0.993. The van der Waals surface area contributed by atoms with E-state index in [2.05, 4.69) is 6.58 Å². The second-order valence-electron chi connectivity index (χ2n) is 5.49. The molecule has 0 atom stereocenters. The fraction of sp³-hybridized carbons (Fsp3) is 0.150. The second kappa shape index (κ2) is 6.53. The van der Waals surface area contributed by atoms with Gasteiger partial charge in [-0.2, -0.15) is 0 Å². The van der Waals surface area contributed by atoms with Gasteiger partial charge in [0.2, 0.25) is 0 Å². The number of hydrogen-bond acceptors (Lipinski definition) is 2. The predicted molar refractivity (Wildman–Crippen MR) is 93.6 cm³/mol. The van der Waals surface area contributed by atoms with Gasteiger partial charge in [0.05, 0.1) is 5.52 Å². The lowest BCUT2D eigenvalue weighted by atomic mass is 10.1. The summed E-state index contributed by atoms with van der Waals surface area (Å²) in [5.41, 5.74) is 4.24. The third-order valence-electron chi connectivity index (χ3n) is 3.95. The van der Waals surface area contributed by atoms with Gasteiger partial charge in [-0.15, -0.1) is 0 Å². The van der Waals surface area contributed by atoms with Gasteiger partial charge in [0.1, 0.15) is 18.6 Å². The van der Waals surface area contributed by atoms with E-state index < -0.39 is 0 Å². The van der Waals surface area contributed by atoms with Gasteiger partial charge < -0.3 is 14.1 Å². The molecule has 116 valence electrons. The fourth-order valence-electron chi connectivity index (χ4n) is 2.86. The van der Waals surface area contributed by atoms with Gasteiger partial charge in [-0.3, -0.25) is 0 Å². The van der Waals surface area contributed by atoms with E-state index in [0.717, 1.165) is 39.6 Å². The van der Waals surface area contributed by atoms with Gasteiger partial charge in [-0.1, -0.05) is 43.0 Å². The molecule has 3 nitrogen and oxygen atoms in total. The number of carbonyl (C=O) groups is 1. The molecule has 0 N–H and O–H groups in total. The van der Waals surface area contributed by atoms with Crippen molar-refractivity contribution in [3.63, 3.8) is 0 Å². The normalized spacial score (nSPS) is 10.7. The number of rotatable bonds is 6. The van der Waals surface area contributed by atoms with E-state index in [1.165, 1.54) is 0 Å². The maximum Gasteiger partial charge on any atom is 0.129 e. The Balaban J connectivity index is 2.06. The number of nitrogens with zero attached hydrogens (tertiary/aromatic N) is 1. The summed E-state index contributed by atoms with van der Waals surface area (Å²) < 4.78 is 8.00. The molecular weight excluding hydrogens is 286 g/mol. The summed E-state index contributed by atoms with van der Waals surface area (Å²) >= 11 is 0. The van der Waals surface area contributed by atoms with E-state index in [4.69, 9.17) is 4.74 Å². The molecule has 2 aromatic carbocycles. The molecule has 0 saturated carbocycles. The molecule has 0 saturated heterocycles. The second-order valence-corrected chi connectivity index (χ2v) is 5.49. The molecular formula is C20H19NO2. The Morgan fingerprint density at radius 2 is 1.96 bits per heavy atom. The Morgan fingerprint density at radius 1 is 1.17 bits per heavy atom. The van der Waals surface area contributed by atoms with E-state index in [0.29, 0.717) is 13.0 Å². The minimum Gasteiger partial charge on any atom is -0.488 e. The minimum atomic E-state index is 0.364. The molecule has 0 unspecified atom stereocenters. The highest BCUT2D eigenvalue weighted by Gasteiger charge is 2.14. The average Bonchev–Trinajstić information content (AvgIpc) is 2.95. The van der Waals surface area contributed by atoms with E-state index in [-0.39, 0.29) is 0 Å². The first kappa shape index (κ1) is 15.1. The smallest absolute Gasteiger partial charge is 0.129 e. The third kappa shape index (κ3) is 2.90. The molecule has 0 aliphatic carbocycles. The molecule has 3 rings (SSSR count). The summed E-state index contributed by atoms with van der Waals surface area (Å²) in [6.07, 6.45) is 4.99. The number of aryl methyl sites for hydroxylation is 1. The van der Waals surface area contributed by atoms with Gasteiger partial charge in [0.15, 0.2) is 0 Å². The molecule has 0 amide bonds. The van der Waals surface area contributed by atoms with Gasteiger partial charge in [-0.25, -0.2) is 0 Å². The number of fused-ring (bicyclic) bond motifs is 1. The van der Waals surface area contributed by atoms with Crippen molar-refractivity contribution in [3.8, 4) is 5.75 Å². The monoisotopic (exact) mass is 305 g/mol. The van der Waals surface area contributed by atoms with Crippen molar-refractivity contribution in [3.05, 3.63) is 71.9 Å². The van der Waals surface area contributed by atoms with Crippen LogP contribution in [0.4, 0.5) is 0 Å². The quantitative estimate of drug-likeness (QED) is 0.633. The van der Waals surface area contributed by atoms with Crippen molar-refractivity contribution >= 4 is 23.4 Å². The topological polar surface area (TPSA) is 31.2 Å². The number of aromatic nitrogens is 1. The van der Waals surface area contributed by atoms with Crippen LogP contribution < -0.4 is 4.74 Å². The lowest BCUT2D eigenvalue weighted by Gasteiger charge is -2.11. The van der Waals surface area contributed by atoms with Crippen LogP contribution in [0.1, 0.15) is 16.7 Å². The molecule has 0 aliphatic heterocycles. The van der Waals surface area contributed by atoms with Crippen LogP contribution in [-0.2, 0) is 17.8 Å². The Kier molecular flexibility index (Phi) is 4.29. The number of aldehydes is 1. The molecule has 0 fully saturated rings. The summed E-state index contributed by atoms with van der Waals surface area (Å²) in [6.45, 7) is 6.40. The molecule has 3 aromatic rings. The molecule has 0 aliphatic rings. The van der Waals surface area contributed by atoms with Crippen molar-refractivity contribution < 1.29 is 9.53 Å². The first-order chi connectivity index (χ1) is 11.2. The lowest BCUT2D eigenvalue weighted by molar-refractivity contribution is -0.107. The summed E-state index contributed by atoms with van der Waals surface area (Å²) in [5.74, 6) is 0.798. The molecule has 0 bridgehead atoms. The molecule has 1 heterocycles. The highest BCUT2D eigenvalue weighted by molar-refractivity contribution is 5.94. The Morgan fingerprint density at radius 3 is 2.65 bits per heavy atom. The molecule has 0 spiro atoms. The third-order valence-corrected chi connectivity index (χ3v) is 3.95. The van der Waals surface area contributed by atoms with Crippen LogP contribution in [0.5, 0.6) is 5.75 Å². The van der Waals surface area contributed by atoms with E-state index in [1.807, 2.05) is 60.2 Å². The summed E-state index contributed by atoms with van der Waals surface area (Å²) in [6, 6.07) is 14.1. The Bertz CT molecular complexity index is 847. The SMILES string of the molecule is C=Cn1cc(CC=O)c2c(OCc3ccccc3)ccc(C)c21. The molecule has 23 heavy (non-hydrogen) atoms. The van der Waals surface area contributed by atoms with Gasteiger partial charge in [0.25, 0.3) is 0 Å². The van der Waals surface area contributed by atoms with Crippen LogP contribution in [0.3, 0.4) is 0 Å². The minimum absolute atomic E-state index is 0.364. The van der Waals surface area contributed by atoms with Crippen LogP contribution >= 0.6 is 0 Å². The fourth-order valence-corrected chi connectivity index (χ4v) is 2.86. The Hall–Kier alpha value is -2.81. The number of carbonyl (C=O) groups excluding carboxylic acids is 1. The first-order valence-electron chi connectivity index (χ1n) is 7.60. The van der Waals surface area contributed by atoms with Crippen LogP contribution in [0.2, 0.25) is 0 Å². The maximum absolute atomic E-state index is 11.0. The first-order valence-corrected chi connectivity index (χ1v) is 7.60. The zero-order valence-corrected chi connectivity index (χ0v) is 13.2. The average molecular weight is 305 g/mol. The van der Waals surface area contributed by atoms with Crippen LogP contribution in [0.15, 0.2) is 55.2 Å². The number of ether oxygens (including phenoxy) is 1. The number of hydrogen-bond donors (Lipinski definition) is 0.